The molecule has 3 aromatic heterocycles. The molecule has 5 heterocycles. The quantitative estimate of drug-likeness (QED) is 0.419. The van der Waals surface area contributed by atoms with Crippen molar-refractivity contribution in [2.24, 2.45) is 7.05 Å². The summed E-state index contributed by atoms with van der Waals surface area (Å²) in [6, 6.07) is 9.84. The molecule has 1 atom stereocenters. The van der Waals surface area contributed by atoms with E-state index in [-0.39, 0.29) is 11.7 Å². The average Bonchev–Trinajstić information content (AvgIpc) is 3.25. The highest BCUT2D eigenvalue weighted by Crippen LogP contribution is 2.32. The lowest BCUT2D eigenvalue weighted by molar-refractivity contribution is 0.0984. The SMILES string of the molecule is CC1COCCN1c1nc(-c2ccc(Nc3nn(C)c(=O)[nH]3)cc2)nc2c1CCN(c1ncccn1)C2. The first kappa shape index (κ1) is 23.1. The van der Waals surface area contributed by atoms with Crippen LogP contribution < -0.4 is 20.8 Å². The Kier molecular flexibility index (Phi) is 6.01. The number of aromatic amines is 1. The van der Waals surface area contributed by atoms with Crippen molar-refractivity contribution in [3.05, 3.63) is 64.5 Å². The number of hydrogen-bond acceptors (Lipinski definition) is 10. The van der Waals surface area contributed by atoms with Crippen molar-refractivity contribution in [3.8, 4) is 11.4 Å². The molecule has 6 rings (SSSR count). The molecule has 2 aliphatic rings. The zero-order chi connectivity index (χ0) is 25.4. The van der Waals surface area contributed by atoms with E-state index in [9.17, 15) is 4.79 Å². The van der Waals surface area contributed by atoms with E-state index in [1.54, 1.807) is 19.4 Å². The summed E-state index contributed by atoms with van der Waals surface area (Å²) in [5, 5.41) is 7.24. The Morgan fingerprint density at radius 1 is 1.11 bits per heavy atom. The van der Waals surface area contributed by atoms with Gasteiger partial charge in [-0.3, -0.25) is 4.98 Å². The monoisotopic (exact) mass is 500 g/mol. The summed E-state index contributed by atoms with van der Waals surface area (Å²) in [5.74, 6) is 2.74. The third-order valence-electron chi connectivity index (χ3n) is 6.69. The van der Waals surface area contributed by atoms with Crippen molar-refractivity contribution in [2.45, 2.75) is 25.9 Å². The van der Waals surface area contributed by atoms with Gasteiger partial charge in [0.15, 0.2) is 5.82 Å². The van der Waals surface area contributed by atoms with Crippen molar-refractivity contribution < 1.29 is 4.74 Å². The normalized spacial score (nSPS) is 17.5. The second-order valence-electron chi connectivity index (χ2n) is 9.24. The molecule has 37 heavy (non-hydrogen) atoms. The largest absolute Gasteiger partial charge is 0.377 e. The molecule has 12 heteroatoms. The van der Waals surface area contributed by atoms with Gasteiger partial charge in [-0.15, -0.1) is 5.10 Å². The molecule has 1 aromatic carbocycles. The van der Waals surface area contributed by atoms with Crippen LogP contribution in [-0.2, 0) is 24.8 Å². The first-order valence-electron chi connectivity index (χ1n) is 12.3. The maximum Gasteiger partial charge on any atom is 0.344 e. The third kappa shape index (κ3) is 4.62. The number of morpholine rings is 1. The van der Waals surface area contributed by atoms with Crippen molar-refractivity contribution in [3.63, 3.8) is 0 Å². The molecule has 2 N–H and O–H groups in total. The topological polar surface area (TPSA) is 130 Å². The van der Waals surface area contributed by atoms with Crippen LogP contribution in [0.5, 0.6) is 0 Å². The summed E-state index contributed by atoms with van der Waals surface area (Å²) in [6.45, 7) is 5.74. The molecule has 2 aliphatic heterocycles. The fourth-order valence-electron chi connectivity index (χ4n) is 4.74. The second-order valence-corrected chi connectivity index (χ2v) is 9.24. The van der Waals surface area contributed by atoms with Gasteiger partial charge in [-0.1, -0.05) is 0 Å². The number of anilines is 4. The highest BCUT2D eigenvalue weighted by molar-refractivity contribution is 5.65. The molecule has 0 amide bonds. The van der Waals surface area contributed by atoms with Crippen LogP contribution in [0, 0.1) is 0 Å². The molecule has 1 fully saturated rings. The minimum Gasteiger partial charge on any atom is -0.377 e. The first-order chi connectivity index (χ1) is 18.0. The van der Waals surface area contributed by atoms with Gasteiger partial charge in [0.1, 0.15) is 5.82 Å². The van der Waals surface area contributed by atoms with Gasteiger partial charge in [0, 0.05) is 49.3 Å². The number of benzene rings is 1. The molecular formula is C25H28N10O2. The average molecular weight is 501 g/mol. The van der Waals surface area contributed by atoms with E-state index in [1.165, 1.54) is 10.2 Å². The Labute approximate surface area is 213 Å². The molecule has 1 saturated heterocycles. The Bertz CT molecular complexity index is 1450. The van der Waals surface area contributed by atoms with Crippen molar-refractivity contribution in [1.29, 1.82) is 0 Å². The number of aromatic nitrogens is 7. The fraction of sp³-hybridized carbons (Fsp3) is 0.360. The zero-order valence-corrected chi connectivity index (χ0v) is 20.8. The highest BCUT2D eigenvalue weighted by atomic mass is 16.5. The number of nitrogens with zero attached hydrogens (tertiary/aromatic N) is 8. The van der Waals surface area contributed by atoms with Crippen LogP contribution in [0.1, 0.15) is 18.2 Å². The molecule has 1 unspecified atom stereocenters. The maximum absolute atomic E-state index is 11.7. The van der Waals surface area contributed by atoms with E-state index in [4.69, 9.17) is 14.7 Å². The van der Waals surface area contributed by atoms with Gasteiger partial charge in [-0.05, 0) is 43.7 Å². The standard InChI is InChI=1S/C25H28N10O2/c1-16-15-37-13-12-35(16)22-19-8-11-34(24-26-9-3-10-27-24)14-20(19)29-21(30-22)17-4-6-18(7-5-17)28-23-31-25(36)33(2)32-23/h3-7,9-10,16H,8,11-15H2,1-2H3,(H2,28,31,32,36). The molecule has 190 valence electrons. The summed E-state index contributed by atoms with van der Waals surface area (Å²) in [6.07, 6.45) is 4.35. The van der Waals surface area contributed by atoms with E-state index in [1.807, 2.05) is 30.3 Å². The minimum atomic E-state index is -0.276. The van der Waals surface area contributed by atoms with Crippen LogP contribution >= 0.6 is 0 Å². The third-order valence-corrected chi connectivity index (χ3v) is 6.69. The molecule has 0 saturated carbocycles. The summed E-state index contributed by atoms with van der Waals surface area (Å²) in [7, 11) is 1.60. The van der Waals surface area contributed by atoms with Crippen LogP contribution in [0.4, 0.5) is 23.4 Å². The number of nitrogens with one attached hydrogen (secondary N) is 2. The van der Waals surface area contributed by atoms with Crippen molar-refractivity contribution >= 4 is 23.4 Å². The van der Waals surface area contributed by atoms with Crippen LogP contribution in [-0.4, -0.2) is 67.0 Å². The van der Waals surface area contributed by atoms with Gasteiger partial charge in [-0.25, -0.2) is 29.4 Å². The lowest BCUT2D eigenvalue weighted by Crippen LogP contribution is -2.45. The van der Waals surface area contributed by atoms with Crippen LogP contribution in [0.2, 0.25) is 0 Å². The minimum absolute atomic E-state index is 0.225. The summed E-state index contributed by atoms with van der Waals surface area (Å²) in [4.78, 5) is 37.8. The molecule has 0 aliphatic carbocycles. The van der Waals surface area contributed by atoms with Crippen molar-refractivity contribution in [2.75, 3.05) is 41.4 Å². The van der Waals surface area contributed by atoms with Gasteiger partial charge < -0.3 is 19.9 Å². The summed E-state index contributed by atoms with van der Waals surface area (Å²) >= 11 is 0. The molecule has 0 radical (unpaired) electrons. The molecule has 4 aromatic rings. The van der Waals surface area contributed by atoms with Gasteiger partial charge in [-0.2, -0.15) is 0 Å². The number of ether oxygens (including phenoxy) is 1. The number of H-pyrrole nitrogens is 1. The molecule has 0 spiro atoms. The van der Waals surface area contributed by atoms with E-state index in [0.717, 1.165) is 42.3 Å². The van der Waals surface area contributed by atoms with E-state index in [2.05, 4.69) is 42.1 Å². The Balaban J connectivity index is 1.35. The molecule has 0 bridgehead atoms. The lowest BCUT2D eigenvalue weighted by Gasteiger charge is -2.37. The van der Waals surface area contributed by atoms with Crippen LogP contribution in [0.25, 0.3) is 11.4 Å². The van der Waals surface area contributed by atoms with Crippen molar-refractivity contribution in [1.82, 2.24) is 34.7 Å². The smallest absolute Gasteiger partial charge is 0.344 e. The van der Waals surface area contributed by atoms with E-state index >= 15 is 0 Å². The van der Waals surface area contributed by atoms with Gasteiger partial charge in [0.2, 0.25) is 11.9 Å². The second kappa shape index (κ2) is 9.62. The van der Waals surface area contributed by atoms with E-state index < -0.39 is 0 Å². The molecule has 12 nitrogen and oxygen atoms in total. The van der Waals surface area contributed by atoms with Gasteiger partial charge in [0.25, 0.3) is 0 Å². The lowest BCUT2D eigenvalue weighted by atomic mass is 10.0. The number of hydrogen-bond donors (Lipinski definition) is 2. The van der Waals surface area contributed by atoms with Crippen LogP contribution in [0.3, 0.4) is 0 Å². The zero-order valence-electron chi connectivity index (χ0n) is 20.8. The highest BCUT2D eigenvalue weighted by Gasteiger charge is 2.29. The summed E-state index contributed by atoms with van der Waals surface area (Å²) in [5.41, 5.74) is 3.60. The Morgan fingerprint density at radius 2 is 1.92 bits per heavy atom. The predicted molar refractivity (Wildman–Crippen MR) is 139 cm³/mol. The predicted octanol–water partition coefficient (Wildman–Crippen LogP) is 1.89. The Hall–Kier alpha value is -4.32. The Morgan fingerprint density at radius 3 is 2.65 bits per heavy atom. The van der Waals surface area contributed by atoms with Gasteiger partial charge >= 0.3 is 5.69 Å². The van der Waals surface area contributed by atoms with Crippen LogP contribution in [0.15, 0.2) is 47.5 Å². The number of fused-ring (bicyclic) bond motifs is 1. The van der Waals surface area contributed by atoms with E-state index in [0.29, 0.717) is 37.5 Å². The first-order valence-corrected chi connectivity index (χ1v) is 12.3. The molecular weight excluding hydrogens is 472 g/mol. The fourth-order valence-corrected chi connectivity index (χ4v) is 4.74. The maximum atomic E-state index is 11.7. The van der Waals surface area contributed by atoms with Gasteiger partial charge in [0.05, 0.1) is 31.5 Å². The summed E-state index contributed by atoms with van der Waals surface area (Å²) < 4.78 is 6.94. The number of aryl methyl sites for hydroxylation is 1. The number of rotatable bonds is 5.